The molecule has 0 spiro atoms. The first kappa shape index (κ1) is 12.0. The number of anilines is 1. The van der Waals surface area contributed by atoms with Gasteiger partial charge in [0.1, 0.15) is 0 Å². The highest BCUT2D eigenvalue weighted by Crippen LogP contribution is 2.24. The molecule has 3 nitrogen and oxygen atoms in total. The normalized spacial score (nSPS) is 16.2. The maximum atomic E-state index is 12.0. The van der Waals surface area contributed by atoms with E-state index in [0.717, 1.165) is 24.3 Å². The Morgan fingerprint density at radius 2 is 2.18 bits per heavy atom. The molecule has 4 heteroatoms. The molecule has 0 aromatic heterocycles. The van der Waals surface area contributed by atoms with Gasteiger partial charge in [-0.05, 0) is 42.5 Å². The molecular weight excluding hydrogens is 232 g/mol. The number of thioether (sulfide) groups is 1. The molecular formula is C13H14N2OS. The molecule has 0 atom stereocenters. The SMILES string of the molecule is N#Cc1cccc(NC(=O)C2CCSCC2)c1. The highest BCUT2D eigenvalue weighted by Gasteiger charge is 2.21. The third-order valence-electron chi connectivity index (χ3n) is 2.85. The van der Waals surface area contributed by atoms with Gasteiger partial charge < -0.3 is 5.32 Å². The van der Waals surface area contributed by atoms with Gasteiger partial charge in [0.15, 0.2) is 0 Å². The zero-order valence-electron chi connectivity index (χ0n) is 9.48. The van der Waals surface area contributed by atoms with Crippen molar-refractivity contribution in [3.05, 3.63) is 29.8 Å². The molecule has 0 unspecified atom stereocenters. The van der Waals surface area contributed by atoms with E-state index in [1.54, 1.807) is 18.2 Å². The van der Waals surface area contributed by atoms with Gasteiger partial charge in [0, 0.05) is 11.6 Å². The van der Waals surface area contributed by atoms with Gasteiger partial charge in [-0.15, -0.1) is 0 Å². The van der Waals surface area contributed by atoms with Crippen molar-refractivity contribution in [3.8, 4) is 6.07 Å². The molecule has 0 aliphatic carbocycles. The van der Waals surface area contributed by atoms with Crippen LogP contribution in [0.25, 0.3) is 0 Å². The zero-order chi connectivity index (χ0) is 12.1. The van der Waals surface area contributed by atoms with Gasteiger partial charge in [-0.3, -0.25) is 4.79 Å². The maximum Gasteiger partial charge on any atom is 0.227 e. The van der Waals surface area contributed by atoms with E-state index in [-0.39, 0.29) is 11.8 Å². The lowest BCUT2D eigenvalue weighted by Crippen LogP contribution is -2.26. The smallest absolute Gasteiger partial charge is 0.227 e. The first-order chi connectivity index (χ1) is 8.29. The molecule has 1 aromatic rings. The minimum Gasteiger partial charge on any atom is -0.326 e. The van der Waals surface area contributed by atoms with E-state index in [9.17, 15) is 4.79 Å². The van der Waals surface area contributed by atoms with Gasteiger partial charge in [-0.1, -0.05) is 6.07 Å². The van der Waals surface area contributed by atoms with Crippen molar-refractivity contribution in [1.82, 2.24) is 0 Å². The van der Waals surface area contributed by atoms with Crippen molar-refractivity contribution in [2.75, 3.05) is 16.8 Å². The van der Waals surface area contributed by atoms with Crippen molar-refractivity contribution < 1.29 is 4.79 Å². The number of rotatable bonds is 2. The molecule has 0 saturated carbocycles. The van der Waals surface area contributed by atoms with E-state index in [0.29, 0.717) is 11.3 Å². The quantitative estimate of drug-likeness (QED) is 0.872. The average Bonchev–Trinajstić information content (AvgIpc) is 2.40. The highest BCUT2D eigenvalue weighted by atomic mass is 32.2. The molecule has 88 valence electrons. The molecule has 1 aliphatic rings. The van der Waals surface area contributed by atoms with Crippen LogP contribution in [-0.2, 0) is 4.79 Å². The zero-order valence-corrected chi connectivity index (χ0v) is 10.3. The number of hydrogen-bond acceptors (Lipinski definition) is 3. The second-order valence-corrected chi connectivity index (χ2v) is 5.29. The fourth-order valence-electron chi connectivity index (χ4n) is 1.87. The standard InChI is InChI=1S/C13H14N2OS/c14-9-10-2-1-3-12(8-10)15-13(16)11-4-6-17-7-5-11/h1-3,8,11H,4-7H2,(H,15,16). The van der Waals surface area contributed by atoms with Crippen LogP contribution in [0.4, 0.5) is 5.69 Å². The molecule has 1 saturated heterocycles. The van der Waals surface area contributed by atoms with Crippen LogP contribution < -0.4 is 5.32 Å². The topological polar surface area (TPSA) is 52.9 Å². The van der Waals surface area contributed by atoms with Gasteiger partial charge in [0.25, 0.3) is 0 Å². The van der Waals surface area contributed by atoms with Crippen molar-refractivity contribution in [2.24, 2.45) is 5.92 Å². The summed E-state index contributed by atoms with van der Waals surface area (Å²) in [6, 6.07) is 9.10. The van der Waals surface area contributed by atoms with Gasteiger partial charge in [0.05, 0.1) is 11.6 Å². The lowest BCUT2D eigenvalue weighted by atomic mass is 10.0. The molecule has 17 heavy (non-hydrogen) atoms. The summed E-state index contributed by atoms with van der Waals surface area (Å²) in [5, 5.41) is 11.7. The second kappa shape index (κ2) is 5.74. The summed E-state index contributed by atoms with van der Waals surface area (Å²) in [5.41, 5.74) is 1.29. The van der Waals surface area contributed by atoms with Crippen LogP contribution in [0.3, 0.4) is 0 Å². The van der Waals surface area contributed by atoms with Crippen molar-refractivity contribution in [1.29, 1.82) is 5.26 Å². The summed E-state index contributed by atoms with van der Waals surface area (Å²) in [7, 11) is 0. The number of carbonyl (C=O) groups excluding carboxylic acids is 1. The van der Waals surface area contributed by atoms with Crippen molar-refractivity contribution >= 4 is 23.4 Å². The molecule has 2 rings (SSSR count). The maximum absolute atomic E-state index is 12.0. The third-order valence-corrected chi connectivity index (χ3v) is 3.90. The minimum atomic E-state index is 0.0837. The van der Waals surface area contributed by atoms with Crippen LogP contribution in [0.15, 0.2) is 24.3 Å². The number of nitrogens with zero attached hydrogens (tertiary/aromatic N) is 1. The fraction of sp³-hybridized carbons (Fsp3) is 0.385. The average molecular weight is 246 g/mol. The van der Waals surface area contributed by atoms with Crippen LogP contribution in [-0.4, -0.2) is 17.4 Å². The molecule has 0 bridgehead atoms. The Morgan fingerprint density at radius 3 is 2.88 bits per heavy atom. The molecule has 1 aromatic carbocycles. The van der Waals surface area contributed by atoms with E-state index in [2.05, 4.69) is 11.4 Å². The molecule has 0 radical (unpaired) electrons. The van der Waals surface area contributed by atoms with Crippen LogP contribution in [0.2, 0.25) is 0 Å². The molecule has 1 aliphatic heterocycles. The Morgan fingerprint density at radius 1 is 1.41 bits per heavy atom. The number of amides is 1. The van der Waals surface area contributed by atoms with Gasteiger partial charge in [0.2, 0.25) is 5.91 Å². The Labute approximate surface area is 105 Å². The molecule has 1 heterocycles. The van der Waals surface area contributed by atoms with Crippen LogP contribution in [0.1, 0.15) is 18.4 Å². The van der Waals surface area contributed by atoms with Gasteiger partial charge in [-0.25, -0.2) is 0 Å². The van der Waals surface area contributed by atoms with E-state index >= 15 is 0 Å². The lowest BCUT2D eigenvalue weighted by Gasteiger charge is -2.20. The summed E-state index contributed by atoms with van der Waals surface area (Å²) < 4.78 is 0. The van der Waals surface area contributed by atoms with Gasteiger partial charge >= 0.3 is 0 Å². The number of carbonyl (C=O) groups is 1. The van der Waals surface area contributed by atoms with Crippen LogP contribution in [0.5, 0.6) is 0 Å². The third kappa shape index (κ3) is 3.24. The largest absolute Gasteiger partial charge is 0.326 e. The molecule has 1 fully saturated rings. The first-order valence-electron chi connectivity index (χ1n) is 5.68. The first-order valence-corrected chi connectivity index (χ1v) is 6.84. The van der Waals surface area contributed by atoms with E-state index in [1.807, 2.05) is 17.8 Å². The Kier molecular flexibility index (Phi) is 4.05. The summed E-state index contributed by atoms with van der Waals surface area (Å²) in [6.45, 7) is 0. The summed E-state index contributed by atoms with van der Waals surface area (Å²) >= 11 is 1.91. The van der Waals surface area contributed by atoms with Gasteiger partial charge in [-0.2, -0.15) is 17.0 Å². The summed E-state index contributed by atoms with van der Waals surface area (Å²) in [5.74, 6) is 2.34. The van der Waals surface area contributed by atoms with E-state index in [4.69, 9.17) is 5.26 Å². The monoisotopic (exact) mass is 246 g/mol. The van der Waals surface area contributed by atoms with E-state index < -0.39 is 0 Å². The number of benzene rings is 1. The van der Waals surface area contributed by atoms with Crippen LogP contribution in [0, 0.1) is 17.2 Å². The lowest BCUT2D eigenvalue weighted by molar-refractivity contribution is -0.120. The predicted molar refractivity (Wildman–Crippen MR) is 69.8 cm³/mol. The van der Waals surface area contributed by atoms with Crippen LogP contribution >= 0.6 is 11.8 Å². The summed E-state index contributed by atoms with van der Waals surface area (Å²) in [6.07, 6.45) is 1.91. The van der Waals surface area contributed by atoms with Crippen molar-refractivity contribution in [2.45, 2.75) is 12.8 Å². The number of nitriles is 1. The number of nitrogens with one attached hydrogen (secondary N) is 1. The van der Waals surface area contributed by atoms with Crippen molar-refractivity contribution in [3.63, 3.8) is 0 Å². The molecule has 1 amide bonds. The second-order valence-electron chi connectivity index (χ2n) is 4.07. The Bertz CT molecular complexity index is 447. The Balaban J connectivity index is 1.99. The summed E-state index contributed by atoms with van der Waals surface area (Å²) in [4.78, 5) is 12.0. The Hall–Kier alpha value is -1.47. The van der Waals surface area contributed by atoms with E-state index in [1.165, 1.54) is 0 Å². The minimum absolute atomic E-state index is 0.0837. The predicted octanol–water partition coefficient (Wildman–Crippen LogP) is 2.64. The number of hydrogen-bond donors (Lipinski definition) is 1. The highest BCUT2D eigenvalue weighted by molar-refractivity contribution is 7.99. The molecule has 1 N–H and O–H groups in total. The fourth-order valence-corrected chi connectivity index (χ4v) is 2.98.